The molecule has 30 heavy (non-hydrogen) atoms. The van der Waals surface area contributed by atoms with E-state index in [9.17, 15) is 0 Å². The second-order valence-corrected chi connectivity index (χ2v) is 7.80. The molecule has 164 valence electrons. The van der Waals surface area contributed by atoms with Gasteiger partial charge in [0.1, 0.15) is 5.84 Å². The largest absolute Gasteiger partial charge is 0.384 e. The summed E-state index contributed by atoms with van der Waals surface area (Å²) in [6, 6.07) is 7.54. The van der Waals surface area contributed by atoms with Crippen LogP contribution in [-0.4, -0.2) is 67.4 Å². The number of guanidine groups is 1. The molecular formula is C23H37N7. The van der Waals surface area contributed by atoms with Crippen LogP contribution in [0.1, 0.15) is 49.7 Å². The van der Waals surface area contributed by atoms with Gasteiger partial charge in [-0.2, -0.15) is 0 Å². The summed E-state index contributed by atoms with van der Waals surface area (Å²) in [6.45, 7) is 7.72. The highest BCUT2D eigenvalue weighted by molar-refractivity contribution is 5.94. The predicted molar refractivity (Wildman–Crippen MR) is 126 cm³/mol. The van der Waals surface area contributed by atoms with Crippen molar-refractivity contribution in [1.29, 1.82) is 5.41 Å². The van der Waals surface area contributed by atoms with Crippen molar-refractivity contribution < 1.29 is 0 Å². The molecule has 1 heterocycles. The number of nitrogen functional groups attached to an aromatic ring is 1. The highest BCUT2D eigenvalue weighted by Gasteiger charge is 2.15. The van der Waals surface area contributed by atoms with Gasteiger partial charge in [-0.15, -0.1) is 0 Å². The SMILES string of the molecule is N=C(N)c1ccc(C#CCCCN2CCN(CCCCCCN=C(N)N)CC2)cc1. The summed E-state index contributed by atoms with van der Waals surface area (Å²) in [5.74, 6) is 6.74. The number of aliphatic imine (C=N–C) groups is 1. The van der Waals surface area contributed by atoms with E-state index in [0.29, 0.717) is 0 Å². The zero-order chi connectivity index (χ0) is 21.6. The Kier molecular flexibility index (Phi) is 10.8. The Morgan fingerprint density at radius 1 is 0.867 bits per heavy atom. The van der Waals surface area contributed by atoms with E-state index in [4.69, 9.17) is 22.6 Å². The molecular weight excluding hydrogens is 374 g/mol. The van der Waals surface area contributed by atoms with Gasteiger partial charge in [0, 0.05) is 50.3 Å². The molecule has 1 aliphatic rings. The summed E-state index contributed by atoms with van der Waals surface area (Å²) in [5, 5.41) is 7.41. The first-order chi connectivity index (χ1) is 14.5. The van der Waals surface area contributed by atoms with Crippen molar-refractivity contribution in [2.75, 3.05) is 45.8 Å². The zero-order valence-corrected chi connectivity index (χ0v) is 18.1. The van der Waals surface area contributed by atoms with Crippen LogP contribution in [0.5, 0.6) is 0 Å². The summed E-state index contributed by atoms with van der Waals surface area (Å²) < 4.78 is 0. The minimum atomic E-state index is 0.0918. The molecule has 0 aromatic heterocycles. The highest BCUT2D eigenvalue weighted by Crippen LogP contribution is 2.07. The van der Waals surface area contributed by atoms with Crippen LogP contribution in [-0.2, 0) is 0 Å². The molecule has 2 rings (SSSR count). The number of piperazine rings is 1. The van der Waals surface area contributed by atoms with Gasteiger partial charge in [-0.05, 0) is 44.5 Å². The summed E-state index contributed by atoms with van der Waals surface area (Å²) >= 11 is 0. The molecule has 0 unspecified atom stereocenters. The number of nitrogens with two attached hydrogens (primary N) is 3. The number of unbranched alkanes of at least 4 members (excludes halogenated alkanes) is 4. The fraction of sp³-hybridized carbons (Fsp3) is 0.565. The van der Waals surface area contributed by atoms with Gasteiger partial charge in [-0.1, -0.05) is 36.8 Å². The van der Waals surface area contributed by atoms with Gasteiger partial charge >= 0.3 is 0 Å². The van der Waals surface area contributed by atoms with E-state index in [1.807, 2.05) is 24.3 Å². The van der Waals surface area contributed by atoms with Gasteiger partial charge in [0.15, 0.2) is 5.96 Å². The molecule has 0 saturated carbocycles. The number of amidine groups is 1. The van der Waals surface area contributed by atoms with E-state index < -0.39 is 0 Å². The lowest BCUT2D eigenvalue weighted by Crippen LogP contribution is -2.46. The van der Waals surface area contributed by atoms with E-state index in [1.54, 1.807) is 0 Å². The molecule has 0 radical (unpaired) electrons. The molecule has 0 spiro atoms. The lowest BCUT2D eigenvalue weighted by Gasteiger charge is -2.34. The molecule has 0 aliphatic carbocycles. The van der Waals surface area contributed by atoms with Crippen molar-refractivity contribution in [3.05, 3.63) is 35.4 Å². The molecule has 0 bridgehead atoms. The minimum absolute atomic E-state index is 0.0918. The maximum atomic E-state index is 7.41. The van der Waals surface area contributed by atoms with Gasteiger partial charge in [-0.3, -0.25) is 10.4 Å². The Balaban J connectivity index is 1.50. The van der Waals surface area contributed by atoms with E-state index in [2.05, 4.69) is 26.6 Å². The lowest BCUT2D eigenvalue weighted by atomic mass is 10.1. The second kappa shape index (κ2) is 13.6. The zero-order valence-electron chi connectivity index (χ0n) is 18.1. The number of nitrogens with one attached hydrogen (secondary N) is 1. The topological polar surface area (TPSA) is 121 Å². The average molecular weight is 412 g/mol. The summed E-state index contributed by atoms with van der Waals surface area (Å²) in [7, 11) is 0. The van der Waals surface area contributed by atoms with Crippen LogP contribution in [0, 0.1) is 17.3 Å². The quantitative estimate of drug-likeness (QED) is 0.191. The first-order valence-corrected chi connectivity index (χ1v) is 11.0. The van der Waals surface area contributed by atoms with E-state index in [1.165, 1.54) is 38.9 Å². The Morgan fingerprint density at radius 2 is 1.47 bits per heavy atom. The fourth-order valence-electron chi connectivity index (χ4n) is 3.53. The number of benzene rings is 1. The minimum Gasteiger partial charge on any atom is -0.384 e. The smallest absolute Gasteiger partial charge is 0.185 e. The standard InChI is InChI=1S/C23H37N7/c24-22(25)21-11-9-20(10-12-21)8-4-3-7-15-30-18-16-29(17-19-30)14-6-2-1-5-13-28-23(26)27/h9-12H,1-3,5-7,13-19H2,(H3,24,25)(H4,26,27,28). The Bertz CT molecular complexity index is 718. The molecule has 1 fully saturated rings. The molecule has 7 heteroatoms. The third-order valence-corrected chi connectivity index (χ3v) is 5.35. The van der Waals surface area contributed by atoms with Crippen molar-refractivity contribution in [2.24, 2.45) is 22.2 Å². The van der Waals surface area contributed by atoms with Crippen LogP contribution in [0.25, 0.3) is 0 Å². The number of hydrogen-bond acceptors (Lipinski definition) is 4. The van der Waals surface area contributed by atoms with Crippen LogP contribution in [0.3, 0.4) is 0 Å². The molecule has 0 amide bonds. The fourth-order valence-corrected chi connectivity index (χ4v) is 3.53. The van der Waals surface area contributed by atoms with Gasteiger partial charge in [0.25, 0.3) is 0 Å². The van der Waals surface area contributed by atoms with Crippen molar-refractivity contribution >= 4 is 11.8 Å². The molecule has 1 aromatic carbocycles. The summed E-state index contributed by atoms with van der Waals surface area (Å²) in [4.78, 5) is 9.15. The third kappa shape index (κ3) is 9.77. The first kappa shape index (κ1) is 23.7. The molecule has 7 N–H and O–H groups in total. The van der Waals surface area contributed by atoms with Crippen LogP contribution in [0.2, 0.25) is 0 Å². The van der Waals surface area contributed by atoms with E-state index in [0.717, 1.165) is 56.6 Å². The van der Waals surface area contributed by atoms with Gasteiger partial charge < -0.3 is 27.0 Å². The highest BCUT2D eigenvalue weighted by atomic mass is 15.3. The van der Waals surface area contributed by atoms with Crippen LogP contribution >= 0.6 is 0 Å². The Hall–Kier alpha value is -2.56. The summed E-state index contributed by atoms with van der Waals surface area (Å²) in [6.07, 6.45) is 6.78. The van der Waals surface area contributed by atoms with Crippen molar-refractivity contribution in [3.8, 4) is 11.8 Å². The van der Waals surface area contributed by atoms with E-state index in [-0.39, 0.29) is 11.8 Å². The van der Waals surface area contributed by atoms with Crippen molar-refractivity contribution in [1.82, 2.24) is 9.80 Å². The average Bonchev–Trinajstić information content (AvgIpc) is 2.74. The molecule has 0 atom stereocenters. The van der Waals surface area contributed by atoms with Crippen molar-refractivity contribution in [2.45, 2.75) is 38.5 Å². The Morgan fingerprint density at radius 3 is 2.07 bits per heavy atom. The van der Waals surface area contributed by atoms with Gasteiger partial charge in [0.05, 0.1) is 0 Å². The Labute approximate surface area is 181 Å². The number of hydrogen-bond donors (Lipinski definition) is 4. The first-order valence-electron chi connectivity index (χ1n) is 11.0. The number of nitrogens with zero attached hydrogens (tertiary/aromatic N) is 3. The molecule has 1 aromatic rings. The van der Waals surface area contributed by atoms with Crippen LogP contribution in [0.4, 0.5) is 0 Å². The number of rotatable bonds is 11. The monoisotopic (exact) mass is 411 g/mol. The third-order valence-electron chi connectivity index (χ3n) is 5.35. The molecule has 1 saturated heterocycles. The van der Waals surface area contributed by atoms with Gasteiger partial charge in [-0.25, -0.2) is 0 Å². The second-order valence-electron chi connectivity index (χ2n) is 7.80. The predicted octanol–water partition coefficient (Wildman–Crippen LogP) is 1.55. The lowest BCUT2D eigenvalue weighted by molar-refractivity contribution is 0.130. The van der Waals surface area contributed by atoms with Gasteiger partial charge in [0.2, 0.25) is 0 Å². The van der Waals surface area contributed by atoms with Crippen LogP contribution in [0.15, 0.2) is 29.3 Å². The molecule has 7 nitrogen and oxygen atoms in total. The van der Waals surface area contributed by atoms with Crippen LogP contribution < -0.4 is 17.2 Å². The normalized spacial score (nSPS) is 14.7. The molecule has 1 aliphatic heterocycles. The maximum absolute atomic E-state index is 7.41. The van der Waals surface area contributed by atoms with E-state index >= 15 is 0 Å². The van der Waals surface area contributed by atoms with Crippen molar-refractivity contribution in [3.63, 3.8) is 0 Å². The summed E-state index contributed by atoms with van der Waals surface area (Å²) in [5.41, 5.74) is 17.8. The maximum Gasteiger partial charge on any atom is 0.185 e.